The van der Waals surface area contributed by atoms with E-state index in [1.165, 1.54) is 6.42 Å². The third kappa shape index (κ3) is 3.63. The molecular weight excluding hydrogens is 302 g/mol. The zero-order chi connectivity index (χ0) is 14.5. The number of pyridine rings is 1. The number of likely N-dealkylation sites (tertiary alicyclic amines) is 1. The Bertz CT molecular complexity index is 574. The summed E-state index contributed by atoms with van der Waals surface area (Å²) in [6.07, 6.45) is 8.62. The highest BCUT2D eigenvalue weighted by Gasteiger charge is 2.29. The van der Waals surface area contributed by atoms with Crippen LogP contribution in [0.2, 0.25) is 0 Å². The molecule has 2 aromatic rings. The van der Waals surface area contributed by atoms with Crippen LogP contribution in [0.3, 0.4) is 0 Å². The molecule has 110 valence electrons. The molecular formula is C15H17N3OS2. The Hall–Kier alpha value is -1.40. The van der Waals surface area contributed by atoms with Crippen LogP contribution >= 0.6 is 23.1 Å². The number of hydrogen-bond acceptors (Lipinski definition) is 5. The van der Waals surface area contributed by atoms with Gasteiger partial charge in [-0.1, -0.05) is 0 Å². The summed E-state index contributed by atoms with van der Waals surface area (Å²) in [4.78, 5) is 24.0. The number of carbonyl (C=O) groups is 1. The molecule has 1 saturated heterocycles. The molecule has 1 aliphatic rings. The zero-order valence-corrected chi connectivity index (χ0v) is 13.3. The summed E-state index contributed by atoms with van der Waals surface area (Å²) in [7, 11) is 0. The highest BCUT2D eigenvalue weighted by Crippen LogP contribution is 2.32. The lowest BCUT2D eigenvalue weighted by Gasteiger charge is -2.34. The Kier molecular flexibility index (Phi) is 4.87. The van der Waals surface area contributed by atoms with E-state index in [1.807, 2.05) is 28.6 Å². The second-order valence-electron chi connectivity index (χ2n) is 4.94. The van der Waals surface area contributed by atoms with Crippen molar-refractivity contribution in [2.45, 2.75) is 30.2 Å². The first kappa shape index (κ1) is 14.5. The molecule has 2 aromatic heterocycles. The van der Waals surface area contributed by atoms with Crippen molar-refractivity contribution in [3.63, 3.8) is 0 Å². The van der Waals surface area contributed by atoms with Crippen LogP contribution in [0.1, 0.15) is 30.3 Å². The van der Waals surface area contributed by atoms with Gasteiger partial charge < -0.3 is 4.90 Å². The van der Waals surface area contributed by atoms with Gasteiger partial charge in [0.25, 0.3) is 0 Å². The lowest BCUT2D eigenvalue weighted by molar-refractivity contribution is -0.132. The molecule has 6 heteroatoms. The fourth-order valence-electron chi connectivity index (χ4n) is 2.55. The fraction of sp³-hybridized carbons (Fsp3) is 0.400. The largest absolute Gasteiger partial charge is 0.332 e. The SMILES string of the molecule is O=C(CSc1ccncc1)N1CCCC[C@H]1c1nccs1. The molecule has 1 amide bonds. The van der Waals surface area contributed by atoms with Crippen molar-refractivity contribution in [3.8, 4) is 0 Å². The van der Waals surface area contributed by atoms with Gasteiger partial charge in [0.2, 0.25) is 5.91 Å². The molecule has 4 nitrogen and oxygen atoms in total. The maximum absolute atomic E-state index is 12.5. The minimum Gasteiger partial charge on any atom is -0.332 e. The summed E-state index contributed by atoms with van der Waals surface area (Å²) in [6, 6.07) is 4.04. The van der Waals surface area contributed by atoms with Crippen molar-refractivity contribution in [2.24, 2.45) is 0 Å². The number of amides is 1. The third-order valence-electron chi connectivity index (χ3n) is 3.57. The first-order valence-electron chi connectivity index (χ1n) is 7.06. The minimum absolute atomic E-state index is 0.171. The fourth-order valence-corrected chi connectivity index (χ4v) is 4.10. The molecule has 1 fully saturated rings. The van der Waals surface area contributed by atoms with Gasteiger partial charge in [0.15, 0.2) is 0 Å². The average molecular weight is 319 g/mol. The van der Waals surface area contributed by atoms with Crippen molar-refractivity contribution in [1.29, 1.82) is 0 Å². The Balaban J connectivity index is 1.64. The van der Waals surface area contributed by atoms with Crippen molar-refractivity contribution in [3.05, 3.63) is 41.1 Å². The summed E-state index contributed by atoms with van der Waals surface area (Å²) in [5.41, 5.74) is 0. The standard InChI is InChI=1S/C15H17N3OS2/c19-14(11-21-12-4-6-16-7-5-12)18-9-2-1-3-13(18)15-17-8-10-20-15/h4-8,10,13H,1-3,9,11H2/t13-/m0/s1. The van der Waals surface area contributed by atoms with Crippen LogP contribution in [0.4, 0.5) is 0 Å². The van der Waals surface area contributed by atoms with Crippen LogP contribution in [-0.4, -0.2) is 33.1 Å². The summed E-state index contributed by atoms with van der Waals surface area (Å²) in [5.74, 6) is 0.683. The predicted octanol–water partition coefficient (Wildman–Crippen LogP) is 3.38. The van der Waals surface area contributed by atoms with Gasteiger partial charge in [0.05, 0.1) is 11.8 Å². The van der Waals surface area contributed by atoms with Crippen LogP contribution in [0.25, 0.3) is 0 Å². The van der Waals surface area contributed by atoms with E-state index in [0.717, 1.165) is 29.3 Å². The number of piperidine rings is 1. The van der Waals surface area contributed by atoms with E-state index in [9.17, 15) is 4.79 Å². The molecule has 0 spiro atoms. The number of rotatable bonds is 4. The first-order valence-corrected chi connectivity index (χ1v) is 8.93. The van der Waals surface area contributed by atoms with E-state index in [2.05, 4.69) is 9.97 Å². The summed E-state index contributed by atoms with van der Waals surface area (Å²) >= 11 is 3.22. The topological polar surface area (TPSA) is 46.1 Å². The Morgan fingerprint density at radius 3 is 2.95 bits per heavy atom. The predicted molar refractivity (Wildman–Crippen MR) is 85.4 cm³/mol. The van der Waals surface area contributed by atoms with Gasteiger partial charge in [-0.05, 0) is 31.4 Å². The highest BCUT2D eigenvalue weighted by molar-refractivity contribution is 8.00. The third-order valence-corrected chi connectivity index (χ3v) is 5.45. The number of carbonyl (C=O) groups excluding carboxylic acids is 1. The second-order valence-corrected chi connectivity index (χ2v) is 6.92. The highest BCUT2D eigenvalue weighted by atomic mass is 32.2. The van der Waals surface area contributed by atoms with E-state index in [1.54, 1.807) is 35.5 Å². The Morgan fingerprint density at radius 1 is 1.33 bits per heavy atom. The van der Waals surface area contributed by atoms with Gasteiger partial charge in [0.1, 0.15) is 5.01 Å². The number of hydrogen-bond donors (Lipinski definition) is 0. The maximum atomic E-state index is 12.5. The summed E-state index contributed by atoms with van der Waals surface area (Å²) in [6.45, 7) is 0.847. The molecule has 0 aromatic carbocycles. The van der Waals surface area contributed by atoms with Crippen LogP contribution in [0.15, 0.2) is 41.0 Å². The van der Waals surface area contributed by atoms with Crippen LogP contribution in [0.5, 0.6) is 0 Å². The first-order chi connectivity index (χ1) is 10.3. The van der Waals surface area contributed by atoms with Crippen molar-refractivity contribution in [2.75, 3.05) is 12.3 Å². The zero-order valence-electron chi connectivity index (χ0n) is 11.6. The lowest BCUT2D eigenvalue weighted by Crippen LogP contribution is -2.39. The van der Waals surface area contributed by atoms with Gasteiger partial charge in [-0.25, -0.2) is 4.98 Å². The molecule has 0 N–H and O–H groups in total. The molecule has 0 bridgehead atoms. The number of thioether (sulfide) groups is 1. The second kappa shape index (κ2) is 7.04. The van der Waals surface area contributed by atoms with Gasteiger partial charge in [-0.15, -0.1) is 23.1 Å². The van der Waals surface area contributed by atoms with Gasteiger partial charge in [-0.3, -0.25) is 9.78 Å². The van der Waals surface area contributed by atoms with E-state index in [0.29, 0.717) is 5.75 Å². The molecule has 1 atom stereocenters. The van der Waals surface area contributed by atoms with Crippen molar-refractivity contribution < 1.29 is 4.79 Å². The molecule has 3 heterocycles. The van der Waals surface area contributed by atoms with Crippen LogP contribution < -0.4 is 0 Å². The van der Waals surface area contributed by atoms with E-state index in [4.69, 9.17) is 0 Å². The minimum atomic E-state index is 0.171. The van der Waals surface area contributed by atoms with Crippen LogP contribution in [-0.2, 0) is 4.79 Å². The molecule has 0 unspecified atom stereocenters. The number of nitrogens with zero attached hydrogens (tertiary/aromatic N) is 3. The lowest BCUT2D eigenvalue weighted by atomic mass is 10.0. The molecule has 21 heavy (non-hydrogen) atoms. The quantitative estimate of drug-likeness (QED) is 0.811. The van der Waals surface area contributed by atoms with E-state index < -0.39 is 0 Å². The summed E-state index contributed by atoms with van der Waals surface area (Å²) in [5, 5.41) is 3.05. The maximum Gasteiger partial charge on any atom is 0.233 e. The van der Waals surface area contributed by atoms with Crippen molar-refractivity contribution >= 4 is 29.0 Å². The normalized spacial score (nSPS) is 18.7. The molecule has 0 aliphatic carbocycles. The number of thiazole rings is 1. The number of aromatic nitrogens is 2. The molecule has 0 saturated carbocycles. The van der Waals surface area contributed by atoms with E-state index >= 15 is 0 Å². The van der Waals surface area contributed by atoms with Crippen molar-refractivity contribution in [1.82, 2.24) is 14.9 Å². The van der Waals surface area contributed by atoms with Gasteiger partial charge >= 0.3 is 0 Å². The average Bonchev–Trinajstić information content (AvgIpc) is 3.08. The molecule has 1 aliphatic heterocycles. The van der Waals surface area contributed by atoms with Crippen LogP contribution in [0, 0.1) is 0 Å². The monoisotopic (exact) mass is 319 g/mol. The molecule has 0 radical (unpaired) electrons. The van der Waals surface area contributed by atoms with Gasteiger partial charge in [-0.2, -0.15) is 0 Å². The Morgan fingerprint density at radius 2 is 2.19 bits per heavy atom. The van der Waals surface area contributed by atoms with E-state index in [-0.39, 0.29) is 11.9 Å². The Labute approximate surface area is 132 Å². The van der Waals surface area contributed by atoms with Gasteiger partial charge in [0, 0.05) is 35.4 Å². The summed E-state index contributed by atoms with van der Waals surface area (Å²) < 4.78 is 0. The molecule has 3 rings (SSSR count). The smallest absolute Gasteiger partial charge is 0.233 e.